The van der Waals surface area contributed by atoms with Gasteiger partial charge in [0.1, 0.15) is 12.4 Å². The third kappa shape index (κ3) is 3.44. The number of benzene rings is 1. The molecule has 0 aliphatic heterocycles. The van der Waals surface area contributed by atoms with Gasteiger partial charge in [-0.15, -0.1) is 0 Å². The zero-order valence-electron chi connectivity index (χ0n) is 7.82. The van der Waals surface area contributed by atoms with Crippen molar-refractivity contribution in [1.82, 2.24) is 0 Å². The highest BCUT2D eigenvalue weighted by molar-refractivity contribution is 5.26. The maximum Gasteiger partial charge on any atom is 0.119 e. The van der Waals surface area contributed by atoms with E-state index in [1.807, 2.05) is 24.3 Å². The highest BCUT2D eigenvalue weighted by Gasteiger charge is 1.93. The van der Waals surface area contributed by atoms with Crippen molar-refractivity contribution in [3.8, 4) is 5.75 Å². The van der Waals surface area contributed by atoms with Crippen LogP contribution in [0.25, 0.3) is 0 Å². The molecule has 0 spiro atoms. The maximum atomic E-state index is 5.32. The molecule has 1 aromatic carbocycles. The Morgan fingerprint density at radius 1 is 1.23 bits per heavy atom. The number of hydrogen-bond acceptors (Lipinski definition) is 3. The van der Waals surface area contributed by atoms with E-state index in [0.717, 1.165) is 11.3 Å². The second-order valence-corrected chi connectivity index (χ2v) is 2.71. The van der Waals surface area contributed by atoms with Crippen molar-refractivity contribution in [2.75, 3.05) is 20.3 Å². The van der Waals surface area contributed by atoms with E-state index in [-0.39, 0.29) is 0 Å². The molecule has 0 aliphatic carbocycles. The molecular formula is C10H15NO2. The van der Waals surface area contributed by atoms with Gasteiger partial charge in [0.2, 0.25) is 0 Å². The molecule has 1 aromatic rings. The molecule has 0 aliphatic rings. The summed E-state index contributed by atoms with van der Waals surface area (Å²) in [5.41, 5.74) is 6.45. The Morgan fingerprint density at radius 3 is 2.46 bits per heavy atom. The zero-order chi connectivity index (χ0) is 9.52. The number of nitrogens with two attached hydrogens (primary N) is 1. The number of hydrogen-bond donors (Lipinski definition) is 1. The SMILES string of the molecule is COCc1ccc(OCCN)cc1. The lowest BCUT2D eigenvalue weighted by atomic mass is 10.2. The van der Waals surface area contributed by atoms with Crippen molar-refractivity contribution in [1.29, 1.82) is 0 Å². The van der Waals surface area contributed by atoms with Crippen LogP contribution in [-0.2, 0) is 11.3 Å². The average Bonchev–Trinajstić information content (AvgIpc) is 2.17. The monoisotopic (exact) mass is 181 g/mol. The molecule has 0 amide bonds. The standard InChI is InChI=1S/C10H15NO2/c1-12-8-9-2-4-10(5-3-9)13-7-6-11/h2-5H,6-8,11H2,1H3. The lowest BCUT2D eigenvalue weighted by Crippen LogP contribution is -2.10. The minimum Gasteiger partial charge on any atom is -0.492 e. The number of ether oxygens (including phenoxy) is 2. The van der Waals surface area contributed by atoms with Gasteiger partial charge in [0.05, 0.1) is 6.61 Å². The molecule has 3 nitrogen and oxygen atoms in total. The molecule has 13 heavy (non-hydrogen) atoms. The van der Waals surface area contributed by atoms with E-state index in [1.165, 1.54) is 0 Å². The van der Waals surface area contributed by atoms with Crippen LogP contribution in [0, 0.1) is 0 Å². The summed E-state index contributed by atoms with van der Waals surface area (Å²) in [4.78, 5) is 0. The minimum atomic E-state index is 0.541. The van der Waals surface area contributed by atoms with Crippen molar-refractivity contribution in [2.45, 2.75) is 6.61 Å². The molecule has 1 rings (SSSR count). The Bertz CT molecular complexity index is 233. The normalized spacial score (nSPS) is 10.0. The summed E-state index contributed by atoms with van der Waals surface area (Å²) in [6.45, 7) is 1.74. The lowest BCUT2D eigenvalue weighted by Gasteiger charge is -2.05. The zero-order valence-corrected chi connectivity index (χ0v) is 7.82. The van der Waals surface area contributed by atoms with Crippen molar-refractivity contribution >= 4 is 0 Å². The van der Waals surface area contributed by atoms with Gasteiger partial charge in [-0.25, -0.2) is 0 Å². The number of rotatable bonds is 5. The topological polar surface area (TPSA) is 44.5 Å². The van der Waals surface area contributed by atoms with Gasteiger partial charge in [-0.1, -0.05) is 12.1 Å². The quantitative estimate of drug-likeness (QED) is 0.741. The van der Waals surface area contributed by atoms with E-state index in [4.69, 9.17) is 15.2 Å². The van der Waals surface area contributed by atoms with Crippen molar-refractivity contribution in [2.24, 2.45) is 5.73 Å². The summed E-state index contributed by atoms with van der Waals surface area (Å²) in [6, 6.07) is 7.80. The Balaban J connectivity index is 2.48. The molecule has 2 N–H and O–H groups in total. The van der Waals surface area contributed by atoms with Gasteiger partial charge in [-0.2, -0.15) is 0 Å². The fourth-order valence-electron chi connectivity index (χ4n) is 1.03. The second kappa shape index (κ2) is 5.56. The van der Waals surface area contributed by atoms with Gasteiger partial charge in [-0.3, -0.25) is 0 Å². The van der Waals surface area contributed by atoms with Crippen LogP contribution >= 0.6 is 0 Å². The van der Waals surface area contributed by atoms with Crippen LogP contribution in [0.5, 0.6) is 5.75 Å². The van der Waals surface area contributed by atoms with Crippen molar-refractivity contribution < 1.29 is 9.47 Å². The molecule has 0 heterocycles. The van der Waals surface area contributed by atoms with E-state index in [0.29, 0.717) is 19.8 Å². The molecule has 3 heteroatoms. The summed E-state index contributed by atoms with van der Waals surface area (Å²) >= 11 is 0. The molecular weight excluding hydrogens is 166 g/mol. The van der Waals surface area contributed by atoms with Crippen LogP contribution in [0.2, 0.25) is 0 Å². The fraction of sp³-hybridized carbons (Fsp3) is 0.400. The lowest BCUT2D eigenvalue weighted by molar-refractivity contribution is 0.185. The average molecular weight is 181 g/mol. The van der Waals surface area contributed by atoms with Crippen LogP contribution < -0.4 is 10.5 Å². The van der Waals surface area contributed by atoms with Gasteiger partial charge >= 0.3 is 0 Å². The van der Waals surface area contributed by atoms with Gasteiger partial charge in [0.15, 0.2) is 0 Å². The highest BCUT2D eigenvalue weighted by atomic mass is 16.5. The van der Waals surface area contributed by atoms with Crippen LogP contribution in [0.15, 0.2) is 24.3 Å². The molecule has 72 valence electrons. The summed E-state index contributed by atoms with van der Waals surface area (Å²) in [7, 11) is 1.68. The first-order valence-corrected chi connectivity index (χ1v) is 4.27. The van der Waals surface area contributed by atoms with Gasteiger partial charge in [0, 0.05) is 13.7 Å². The summed E-state index contributed by atoms with van der Waals surface area (Å²) in [6.07, 6.45) is 0. The van der Waals surface area contributed by atoms with Crippen LogP contribution in [0.3, 0.4) is 0 Å². The first kappa shape index (κ1) is 10.0. The summed E-state index contributed by atoms with van der Waals surface area (Å²) in [5.74, 6) is 0.852. The third-order valence-corrected chi connectivity index (χ3v) is 1.62. The Labute approximate surface area is 78.5 Å². The molecule has 0 saturated carbocycles. The maximum absolute atomic E-state index is 5.32. The van der Waals surface area contributed by atoms with Gasteiger partial charge in [0.25, 0.3) is 0 Å². The van der Waals surface area contributed by atoms with Gasteiger partial charge < -0.3 is 15.2 Å². The third-order valence-electron chi connectivity index (χ3n) is 1.62. The van der Waals surface area contributed by atoms with Crippen LogP contribution in [0.4, 0.5) is 0 Å². The number of methoxy groups -OCH3 is 1. The Morgan fingerprint density at radius 2 is 1.92 bits per heavy atom. The smallest absolute Gasteiger partial charge is 0.119 e. The van der Waals surface area contributed by atoms with E-state index in [9.17, 15) is 0 Å². The Hall–Kier alpha value is -1.06. The minimum absolute atomic E-state index is 0.541. The van der Waals surface area contributed by atoms with Crippen LogP contribution in [0.1, 0.15) is 5.56 Å². The predicted molar refractivity (Wildman–Crippen MR) is 51.7 cm³/mol. The molecule has 0 radical (unpaired) electrons. The predicted octanol–water partition coefficient (Wildman–Crippen LogP) is 1.17. The summed E-state index contributed by atoms with van der Waals surface area (Å²) in [5, 5.41) is 0. The van der Waals surface area contributed by atoms with E-state index < -0.39 is 0 Å². The molecule has 0 unspecified atom stereocenters. The van der Waals surface area contributed by atoms with Crippen molar-refractivity contribution in [3.05, 3.63) is 29.8 Å². The highest BCUT2D eigenvalue weighted by Crippen LogP contribution is 2.12. The van der Waals surface area contributed by atoms with Gasteiger partial charge in [-0.05, 0) is 17.7 Å². The molecule has 0 bridgehead atoms. The second-order valence-electron chi connectivity index (χ2n) is 2.71. The largest absolute Gasteiger partial charge is 0.492 e. The van der Waals surface area contributed by atoms with E-state index >= 15 is 0 Å². The van der Waals surface area contributed by atoms with Crippen LogP contribution in [-0.4, -0.2) is 20.3 Å². The van der Waals surface area contributed by atoms with E-state index in [2.05, 4.69) is 0 Å². The Kier molecular flexibility index (Phi) is 4.29. The first-order valence-electron chi connectivity index (χ1n) is 4.27. The van der Waals surface area contributed by atoms with Crippen molar-refractivity contribution in [3.63, 3.8) is 0 Å². The first-order chi connectivity index (χ1) is 6.36. The fourth-order valence-corrected chi connectivity index (χ4v) is 1.03. The summed E-state index contributed by atoms with van der Waals surface area (Å²) < 4.78 is 10.3. The molecule has 0 saturated heterocycles. The molecule has 0 atom stereocenters. The molecule has 0 aromatic heterocycles. The molecule has 0 fully saturated rings. The van der Waals surface area contributed by atoms with E-state index in [1.54, 1.807) is 7.11 Å².